The molecule has 0 fully saturated rings. The fourth-order valence-corrected chi connectivity index (χ4v) is 2.47. The van der Waals surface area contributed by atoms with Crippen LogP contribution in [0.15, 0.2) is 54.4 Å². The summed E-state index contributed by atoms with van der Waals surface area (Å²) >= 11 is 0. The van der Waals surface area contributed by atoms with Crippen molar-refractivity contribution < 1.29 is 0 Å². The Kier molecular flexibility index (Phi) is 3.74. The van der Waals surface area contributed by atoms with Crippen molar-refractivity contribution in [2.45, 2.75) is 6.92 Å². The topological polar surface area (TPSA) is 53.1 Å². The fraction of sp³-hybridized carbons (Fsp3) is 0.111. The number of aliphatic imine (C=N–C) groups is 1. The summed E-state index contributed by atoms with van der Waals surface area (Å²) in [7, 11) is 1.77. The number of pyridine rings is 1. The van der Waals surface area contributed by atoms with E-state index < -0.39 is 0 Å². The van der Waals surface area contributed by atoms with Gasteiger partial charge in [-0.05, 0) is 30.2 Å². The largest absolute Gasteiger partial charge is 0.360 e. The normalized spacial score (nSPS) is 11.6. The van der Waals surface area contributed by atoms with Gasteiger partial charge in [0.2, 0.25) is 0 Å². The predicted molar refractivity (Wildman–Crippen MR) is 94.3 cm³/mol. The van der Waals surface area contributed by atoms with Gasteiger partial charge < -0.3 is 10.3 Å². The molecule has 0 aliphatic heterocycles. The Morgan fingerprint density at radius 3 is 2.95 bits per heavy atom. The van der Waals surface area contributed by atoms with Crippen LogP contribution in [0.25, 0.3) is 28.1 Å². The molecule has 0 amide bonds. The molecule has 4 heteroatoms. The lowest BCUT2D eigenvalue weighted by Crippen LogP contribution is -2.08. The van der Waals surface area contributed by atoms with Crippen LogP contribution in [0.3, 0.4) is 0 Å². The first kappa shape index (κ1) is 14.1. The van der Waals surface area contributed by atoms with Crippen molar-refractivity contribution in [2.75, 3.05) is 12.4 Å². The maximum Gasteiger partial charge on any atom is 0.0972 e. The van der Waals surface area contributed by atoms with Crippen molar-refractivity contribution in [3.05, 3.63) is 55.0 Å². The molecule has 2 heterocycles. The van der Waals surface area contributed by atoms with Gasteiger partial charge in [-0.1, -0.05) is 24.8 Å². The molecule has 110 valence electrons. The van der Waals surface area contributed by atoms with Gasteiger partial charge in [-0.25, -0.2) is 0 Å². The number of hydrogen-bond acceptors (Lipinski definition) is 2. The quantitative estimate of drug-likeness (QED) is 0.557. The average Bonchev–Trinajstić information content (AvgIpc) is 3.03. The highest BCUT2D eigenvalue weighted by Gasteiger charge is 2.08. The third kappa shape index (κ3) is 2.51. The number of amidine groups is 1. The molecule has 2 aromatic heterocycles. The van der Waals surface area contributed by atoms with Gasteiger partial charge >= 0.3 is 0 Å². The van der Waals surface area contributed by atoms with Crippen molar-refractivity contribution in [3.63, 3.8) is 0 Å². The summed E-state index contributed by atoms with van der Waals surface area (Å²) in [4.78, 5) is 11.7. The van der Waals surface area contributed by atoms with Crippen LogP contribution in [-0.4, -0.2) is 22.9 Å². The zero-order valence-corrected chi connectivity index (χ0v) is 12.7. The van der Waals surface area contributed by atoms with Gasteiger partial charge in [0.15, 0.2) is 0 Å². The number of anilines is 1. The third-order valence-corrected chi connectivity index (χ3v) is 3.71. The Morgan fingerprint density at radius 1 is 1.32 bits per heavy atom. The number of H-pyrrole nitrogens is 1. The molecule has 0 bridgehead atoms. The van der Waals surface area contributed by atoms with E-state index >= 15 is 0 Å². The van der Waals surface area contributed by atoms with Crippen LogP contribution in [0.2, 0.25) is 0 Å². The number of aromatic nitrogens is 2. The maximum absolute atomic E-state index is 4.32. The van der Waals surface area contributed by atoms with Gasteiger partial charge in [-0.2, -0.15) is 0 Å². The van der Waals surface area contributed by atoms with E-state index in [9.17, 15) is 0 Å². The Morgan fingerprint density at radius 2 is 2.18 bits per heavy atom. The summed E-state index contributed by atoms with van der Waals surface area (Å²) in [5.74, 6) is 0.859. The van der Waals surface area contributed by atoms with E-state index in [1.54, 1.807) is 7.05 Å². The van der Waals surface area contributed by atoms with Crippen molar-refractivity contribution in [1.82, 2.24) is 9.97 Å². The molecular formula is C18H18N4. The van der Waals surface area contributed by atoms with E-state index in [1.807, 2.05) is 31.6 Å². The maximum atomic E-state index is 4.32. The molecule has 3 aromatic rings. The molecule has 0 atom stereocenters. The molecule has 3 rings (SSSR count). The summed E-state index contributed by atoms with van der Waals surface area (Å²) in [5, 5.41) is 4.47. The minimum absolute atomic E-state index is 0.859. The van der Waals surface area contributed by atoms with Crippen molar-refractivity contribution in [2.24, 2.45) is 4.99 Å². The van der Waals surface area contributed by atoms with Gasteiger partial charge in [-0.15, -0.1) is 0 Å². The van der Waals surface area contributed by atoms with Crippen LogP contribution in [0.4, 0.5) is 5.69 Å². The van der Waals surface area contributed by atoms with Crippen LogP contribution in [0.1, 0.15) is 12.5 Å². The SMILES string of the molecule is C=Cc1ccc(-c2cncc3[nH]ccc23)cc1NC(C)=NC. The lowest BCUT2D eigenvalue weighted by Gasteiger charge is -2.12. The van der Waals surface area contributed by atoms with E-state index in [0.29, 0.717) is 0 Å². The summed E-state index contributed by atoms with van der Waals surface area (Å²) in [6.45, 7) is 5.81. The highest BCUT2D eigenvalue weighted by atomic mass is 15.0. The minimum atomic E-state index is 0.859. The van der Waals surface area contributed by atoms with E-state index in [0.717, 1.165) is 39.1 Å². The molecule has 0 aliphatic carbocycles. The summed E-state index contributed by atoms with van der Waals surface area (Å²) < 4.78 is 0. The lowest BCUT2D eigenvalue weighted by atomic mass is 10.0. The van der Waals surface area contributed by atoms with Gasteiger partial charge in [-0.3, -0.25) is 9.98 Å². The smallest absolute Gasteiger partial charge is 0.0972 e. The van der Waals surface area contributed by atoms with Crippen molar-refractivity contribution in [3.8, 4) is 11.1 Å². The molecular weight excluding hydrogens is 272 g/mol. The standard InChI is InChI=1S/C18H18N4/c1-4-13-5-6-14(9-17(13)22-12(2)19-3)16-10-20-11-18-15(16)7-8-21-18/h4-11,21H,1H2,2-3H3,(H,19,22). The number of fused-ring (bicyclic) bond motifs is 1. The molecule has 0 aliphatic rings. The van der Waals surface area contributed by atoms with E-state index in [4.69, 9.17) is 0 Å². The number of benzene rings is 1. The van der Waals surface area contributed by atoms with Crippen molar-refractivity contribution >= 4 is 28.5 Å². The molecule has 0 spiro atoms. The monoisotopic (exact) mass is 290 g/mol. The van der Waals surface area contributed by atoms with Crippen LogP contribution in [0.5, 0.6) is 0 Å². The summed E-state index contributed by atoms with van der Waals surface area (Å²) in [6, 6.07) is 8.32. The second kappa shape index (κ2) is 5.85. The van der Waals surface area contributed by atoms with Gasteiger partial charge in [0.25, 0.3) is 0 Å². The van der Waals surface area contributed by atoms with E-state index in [-0.39, 0.29) is 0 Å². The number of hydrogen-bond donors (Lipinski definition) is 2. The minimum Gasteiger partial charge on any atom is -0.360 e. The zero-order chi connectivity index (χ0) is 15.5. The first-order valence-electron chi connectivity index (χ1n) is 7.11. The lowest BCUT2D eigenvalue weighted by molar-refractivity contribution is 1.34. The molecule has 0 saturated carbocycles. The molecule has 22 heavy (non-hydrogen) atoms. The highest BCUT2D eigenvalue weighted by molar-refractivity contribution is 5.98. The number of aromatic amines is 1. The second-order valence-corrected chi connectivity index (χ2v) is 5.07. The molecule has 0 saturated heterocycles. The molecule has 1 aromatic carbocycles. The van der Waals surface area contributed by atoms with Gasteiger partial charge in [0, 0.05) is 36.1 Å². The average molecular weight is 290 g/mol. The predicted octanol–water partition coefficient (Wildman–Crippen LogP) is 4.33. The van der Waals surface area contributed by atoms with Crippen LogP contribution in [-0.2, 0) is 0 Å². The number of rotatable bonds is 3. The van der Waals surface area contributed by atoms with E-state index in [1.165, 1.54) is 0 Å². The van der Waals surface area contributed by atoms with Crippen LogP contribution >= 0.6 is 0 Å². The van der Waals surface area contributed by atoms with Gasteiger partial charge in [0.05, 0.1) is 17.5 Å². The Labute approximate surface area is 129 Å². The second-order valence-electron chi connectivity index (χ2n) is 5.07. The highest BCUT2D eigenvalue weighted by Crippen LogP contribution is 2.30. The summed E-state index contributed by atoms with van der Waals surface area (Å²) in [6.07, 6.45) is 7.50. The van der Waals surface area contributed by atoms with E-state index in [2.05, 4.69) is 51.1 Å². The van der Waals surface area contributed by atoms with Crippen LogP contribution in [0, 0.1) is 0 Å². The third-order valence-electron chi connectivity index (χ3n) is 3.71. The van der Waals surface area contributed by atoms with Crippen molar-refractivity contribution in [1.29, 1.82) is 0 Å². The Hall–Kier alpha value is -2.88. The van der Waals surface area contributed by atoms with Crippen LogP contribution < -0.4 is 5.32 Å². The number of nitrogens with one attached hydrogen (secondary N) is 2. The Balaban J connectivity index is 2.13. The fourth-order valence-electron chi connectivity index (χ4n) is 2.47. The first-order valence-corrected chi connectivity index (χ1v) is 7.11. The molecule has 0 radical (unpaired) electrons. The van der Waals surface area contributed by atoms with Gasteiger partial charge in [0.1, 0.15) is 0 Å². The zero-order valence-electron chi connectivity index (χ0n) is 12.7. The molecule has 0 unspecified atom stereocenters. The first-order chi connectivity index (χ1) is 10.7. The molecule has 4 nitrogen and oxygen atoms in total. The Bertz CT molecular complexity index is 858. The molecule has 2 N–H and O–H groups in total. The summed E-state index contributed by atoms with van der Waals surface area (Å²) in [5.41, 5.74) is 5.27. The number of nitrogens with zero attached hydrogens (tertiary/aromatic N) is 2.